The number of rotatable bonds is 9. The highest BCUT2D eigenvalue weighted by atomic mass is 16.5. The molecule has 128 valence electrons. The van der Waals surface area contributed by atoms with E-state index in [2.05, 4.69) is 5.32 Å². The lowest BCUT2D eigenvalue weighted by atomic mass is 10.1. The third kappa shape index (κ3) is 5.36. The van der Waals surface area contributed by atoms with Gasteiger partial charge in [-0.15, -0.1) is 0 Å². The fourth-order valence-corrected chi connectivity index (χ4v) is 2.15. The van der Waals surface area contributed by atoms with Gasteiger partial charge in [-0.25, -0.2) is 4.79 Å². The number of aromatic hydroxyl groups is 1. The summed E-state index contributed by atoms with van der Waals surface area (Å²) in [7, 11) is 2.78. The Bertz CT molecular complexity index is 532. The van der Waals surface area contributed by atoms with Gasteiger partial charge >= 0.3 is 5.97 Å². The third-order valence-electron chi connectivity index (χ3n) is 3.38. The molecule has 1 aromatic carbocycles. The first-order chi connectivity index (χ1) is 10.9. The van der Waals surface area contributed by atoms with Crippen molar-refractivity contribution in [3.63, 3.8) is 0 Å². The number of amides is 1. The van der Waals surface area contributed by atoms with Crippen molar-refractivity contribution < 1.29 is 29.3 Å². The van der Waals surface area contributed by atoms with Gasteiger partial charge in [-0.2, -0.15) is 0 Å². The average molecular weight is 325 g/mol. The summed E-state index contributed by atoms with van der Waals surface area (Å²) in [5.74, 6) is -1.23. The number of hydrogen-bond donors (Lipinski definition) is 3. The van der Waals surface area contributed by atoms with Gasteiger partial charge in [0.1, 0.15) is 6.04 Å². The molecule has 0 bridgehead atoms. The molecule has 7 nitrogen and oxygen atoms in total. The van der Waals surface area contributed by atoms with Gasteiger partial charge < -0.3 is 25.0 Å². The SMILES string of the molecule is CCCC[C@H](NC(=O)Cc1cc(OC)c(O)c(OC)c1)C(=O)O. The number of phenols is 1. The maximum atomic E-state index is 12.1. The van der Waals surface area contributed by atoms with E-state index in [-0.39, 0.29) is 23.7 Å². The molecule has 0 radical (unpaired) electrons. The number of benzene rings is 1. The molecule has 0 aromatic heterocycles. The Labute approximate surface area is 135 Å². The largest absolute Gasteiger partial charge is 0.502 e. The fourth-order valence-electron chi connectivity index (χ4n) is 2.15. The number of phenolic OH excluding ortho intramolecular Hbond substituents is 1. The molecule has 1 aromatic rings. The zero-order valence-electron chi connectivity index (χ0n) is 13.6. The van der Waals surface area contributed by atoms with Crippen molar-refractivity contribution in [3.05, 3.63) is 17.7 Å². The molecule has 0 unspecified atom stereocenters. The van der Waals surface area contributed by atoms with Crippen molar-refractivity contribution in [2.75, 3.05) is 14.2 Å². The lowest BCUT2D eigenvalue weighted by molar-refractivity contribution is -0.142. The predicted molar refractivity (Wildman–Crippen MR) is 84.0 cm³/mol. The maximum absolute atomic E-state index is 12.1. The van der Waals surface area contributed by atoms with Crippen molar-refractivity contribution in [2.24, 2.45) is 0 Å². The Morgan fingerprint density at radius 2 is 1.78 bits per heavy atom. The zero-order valence-corrected chi connectivity index (χ0v) is 13.6. The number of hydrogen-bond acceptors (Lipinski definition) is 5. The van der Waals surface area contributed by atoms with E-state index in [1.807, 2.05) is 6.92 Å². The third-order valence-corrected chi connectivity index (χ3v) is 3.38. The van der Waals surface area contributed by atoms with Gasteiger partial charge in [0.15, 0.2) is 11.5 Å². The van der Waals surface area contributed by atoms with Crippen LogP contribution in [0.3, 0.4) is 0 Å². The summed E-state index contributed by atoms with van der Waals surface area (Å²) in [6.07, 6.45) is 1.92. The second-order valence-electron chi connectivity index (χ2n) is 5.13. The van der Waals surface area contributed by atoms with E-state index < -0.39 is 17.9 Å². The van der Waals surface area contributed by atoms with Crippen LogP contribution < -0.4 is 14.8 Å². The Morgan fingerprint density at radius 1 is 1.22 bits per heavy atom. The molecule has 0 saturated heterocycles. The normalized spacial score (nSPS) is 11.6. The summed E-state index contributed by atoms with van der Waals surface area (Å²) in [5, 5.41) is 21.5. The number of aliphatic carboxylic acids is 1. The monoisotopic (exact) mass is 325 g/mol. The number of carboxylic acids is 1. The molecule has 1 amide bonds. The minimum Gasteiger partial charge on any atom is -0.502 e. The zero-order chi connectivity index (χ0) is 17.4. The summed E-state index contributed by atoms with van der Waals surface area (Å²) >= 11 is 0. The predicted octanol–water partition coefficient (Wildman–Crippen LogP) is 1.71. The molecule has 23 heavy (non-hydrogen) atoms. The smallest absolute Gasteiger partial charge is 0.326 e. The number of carbonyl (C=O) groups is 2. The fraction of sp³-hybridized carbons (Fsp3) is 0.500. The number of carboxylic acid groups (broad SMARTS) is 1. The number of ether oxygens (including phenoxy) is 2. The van der Waals surface area contributed by atoms with E-state index >= 15 is 0 Å². The first-order valence-electron chi connectivity index (χ1n) is 7.38. The van der Waals surface area contributed by atoms with Crippen LogP contribution >= 0.6 is 0 Å². The van der Waals surface area contributed by atoms with E-state index in [1.165, 1.54) is 26.4 Å². The Hall–Kier alpha value is -2.44. The molecule has 0 heterocycles. The van der Waals surface area contributed by atoms with E-state index in [4.69, 9.17) is 14.6 Å². The standard InChI is InChI=1S/C16H23NO6/c1-4-5-6-11(16(20)21)17-14(18)9-10-7-12(22-2)15(19)13(8-10)23-3/h7-8,11,19H,4-6,9H2,1-3H3,(H,17,18)(H,20,21)/t11-/m0/s1. The van der Waals surface area contributed by atoms with Crippen molar-refractivity contribution in [1.29, 1.82) is 0 Å². The van der Waals surface area contributed by atoms with Crippen LogP contribution in [0.4, 0.5) is 0 Å². The van der Waals surface area contributed by atoms with Crippen LogP contribution in [0, 0.1) is 0 Å². The number of methoxy groups -OCH3 is 2. The van der Waals surface area contributed by atoms with Crippen LogP contribution in [0.15, 0.2) is 12.1 Å². The summed E-state index contributed by atoms with van der Waals surface area (Å²) in [4.78, 5) is 23.2. The molecule has 0 aliphatic heterocycles. The lowest BCUT2D eigenvalue weighted by Crippen LogP contribution is -2.41. The van der Waals surface area contributed by atoms with Crippen molar-refractivity contribution in [1.82, 2.24) is 5.32 Å². The highest BCUT2D eigenvalue weighted by Crippen LogP contribution is 2.37. The molecular formula is C16H23NO6. The van der Waals surface area contributed by atoms with Crippen LogP contribution in [-0.2, 0) is 16.0 Å². The molecule has 1 rings (SSSR count). The van der Waals surface area contributed by atoms with Gasteiger partial charge in [0.25, 0.3) is 0 Å². The number of unbranched alkanes of at least 4 members (excludes halogenated alkanes) is 1. The van der Waals surface area contributed by atoms with Crippen LogP contribution in [0.1, 0.15) is 31.7 Å². The highest BCUT2D eigenvalue weighted by molar-refractivity contribution is 5.85. The molecule has 3 N–H and O–H groups in total. The molecule has 0 spiro atoms. The first-order valence-corrected chi connectivity index (χ1v) is 7.38. The Kier molecular flexibility index (Phi) is 7.18. The quantitative estimate of drug-likeness (QED) is 0.638. The molecule has 7 heteroatoms. The van der Waals surface area contributed by atoms with E-state index in [9.17, 15) is 14.7 Å². The van der Waals surface area contributed by atoms with Crippen molar-refractivity contribution in [2.45, 2.75) is 38.6 Å². The summed E-state index contributed by atoms with van der Waals surface area (Å²) in [6, 6.07) is 2.13. The van der Waals surface area contributed by atoms with Gasteiger partial charge in [-0.1, -0.05) is 19.8 Å². The summed E-state index contributed by atoms with van der Waals surface area (Å²) < 4.78 is 10.1. The first kappa shape index (κ1) is 18.6. The van der Waals surface area contributed by atoms with E-state index in [0.29, 0.717) is 12.0 Å². The van der Waals surface area contributed by atoms with Crippen LogP contribution in [-0.4, -0.2) is 42.4 Å². The lowest BCUT2D eigenvalue weighted by Gasteiger charge is -2.15. The second kappa shape index (κ2) is 8.87. The van der Waals surface area contributed by atoms with Crippen LogP contribution in [0.2, 0.25) is 0 Å². The Morgan fingerprint density at radius 3 is 2.22 bits per heavy atom. The molecule has 0 aliphatic rings. The molecule has 1 atom stereocenters. The molecule has 0 aliphatic carbocycles. The van der Waals surface area contributed by atoms with E-state index in [1.54, 1.807) is 0 Å². The average Bonchev–Trinajstić information content (AvgIpc) is 2.52. The number of nitrogens with one attached hydrogen (secondary N) is 1. The summed E-state index contributed by atoms with van der Waals surface area (Å²) in [6.45, 7) is 1.95. The minimum atomic E-state index is -1.05. The van der Waals surface area contributed by atoms with Gasteiger partial charge in [-0.3, -0.25) is 4.79 Å². The molecule has 0 fully saturated rings. The number of carbonyl (C=O) groups excluding carboxylic acids is 1. The summed E-state index contributed by atoms with van der Waals surface area (Å²) in [5.41, 5.74) is 0.550. The van der Waals surface area contributed by atoms with Gasteiger partial charge in [-0.05, 0) is 24.1 Å². The van der Waals surface area contributed by atoms with E-state index in [0.717, 1.165) is 12.8 Å². The Balaban J connectivity index is 2.82. The molecular weight excluding hydrogens is 302 g/mol. The van der Waals surface area contributed by atoms with Gasteiger partial charge in [0.05, 0.1) is 20.6 Å². The highest BCUT2D eigenvalue weighted by Gasteiger charge is 2.20. The van der Waals surface area contributed by atoms with Crippen LogP contribution in [0.5, 0.6) is 17.2 Å². The van der Waals surface area contributed by atoms with Crippen molar-refractivity contribution >= 4 is 11.9 Å². The second-order valence-corrected chi connectivity index (χ2v) is 5.13. The van der Waals surface area contributed by atoms with Gasteiger partial charge in [0.2, 0.25) is 11.7 Å². The minimum absolute atomic E-state index is 0.0388. The van der Waals surface area contributed by atoms with Crippen LogP contribution in [0.25, 0.3) is 0 Å². The molecule has 0 saturated carbocycles. The van der Waals surface area contributed by atoms with Gasteiger partial charge in [0, 0.05) is 0 Å². The topological polar surface area (TPSA) is 105 Å². The maximum Gasteiger partial charge on any atom is 0.326 e. The van der Waals surface area contributed by atoms with Crippen molar-refractivity contribution in [3.8, 4) is 17.2 Å².